The summed E-state index contributed by atoms with van der Waals surface area (Å²) in [6, 6.07) is 0. The van der Waals surface area contributed by atoms with Crippen molar-refractivity contribution in [1.29, 1.82) is 0 Å². The van der Waals surface area contributed by atoms with Crippen molar-refractivity contribution in [2.24, 2.45) is 0 Å². The van der Waals surface area contributed by atoms with Crippen molar-refractivity contribution >= 4 is 6.09 Å². The monoisotopic (exact) mass is 257 g/mol. The third-order valence-corrected chi connectivity index (χ3v) is 3.09. The molecule has 0 atom stereocenters. The molecule has 0 aliphatic heterocycles. The summed E-state index contributed by atoms with van der Waals surface area (Å²) in [7, 11) is 0. The first-order valence-corrected chi connectivity index (χ1v) is 7.67. The summed E-state index contributed by atoms with van der Waals surface area (Å²) in [6.07, 6.45) is 9.46. The van der Waals surface area contributed by atoms with Crippen LogP contribution in [0.1, 0.15) is 72.1 Å². The van der Waals surface area contributed by atoms with Gasteiger partial charge >= 0.3 is 6.09 Å². The van der Waals surface area contributed by atoms with Crippen LogP contribution < -0.4 is 0 Å². The molecule has 0 radical (unpaired) electrons. The minimum absolute atomic E-state index is 0.134. The lowest BCUT2D eigenvalue weighted by atomic mass is 10.2. The van der Waals surface area contributed by atoms with Crippen molar-refractivity contribution in [3.05, 3.63) is 0 Å². The molecule has 0 aromatic carbocycles. The number of rotatable bonds is 11. The van der Waals surface area contributed by atoms with Crippen molar-refractivity contribution in [2.45, 2.75) is 72.1 Å². The van der Waals surface area contributed by atoms with Gasteiger partial charge in [-0.05, 0) is 19.8 Å². The van der Waals surface area contributed by atoms with Crippen molar-refractivity contribution < 1.29 is 9.53 Å². The van der Waals surface area contributed by atoms with Gasteiger partial charge in [-0.25, -0.2) is 4.79 Å². The van der Waals surface area contributed by atoms with Gasteiger partial charge in [-0.1, -0.05) is 52.4 Å². The largest absolute Gasteiger partial charge is 0.450 e. The highest BCUT2D eigenvalue weighted by atomic mass is 16.6. The van der Waals surface area contributed by atoms with Crippen LogP contribution >= 0.6 is 0 Å². The smallest absolute Gasteiger partial charge is 0.409 e. The fourth-order valence-electron chi connectivity index (χ4n) is 1.97. The molecule has 0 fully saturated rings. The van der Waals surface area contributed by atoms with Crippen LogP contribution in [0.2, 0.25) is 0 Å². The minimum atomic E-state index is -0.134. The topological polar surface area (TPSA) is 29.5 Å². The summed E-state index contributed by atoms with van der Waals surface area (Å²) < 4.78 is 5.11. The number of carbonyl (C=O) groups is 1. The van der Waals surface area contributed by atoms with E-state index in [9.17, 15) is 4.79 Å². The maximum atomic E-state index is 11.8. The highest BCUT2D eigenvalue weighted by Gasteiger charge is 2.13. The van der Waals surface area contributed by atoms with Gasteiger partial charge in [0.1, 0.15) is 0 Å². The van der Waals surface area contributed by atoms with Crippen LogP contribution in [0.4, 0.5) is 4.79 Å². The highest BCUT2D eigenvalue weighted by molar-refractivity contribution is 5.67. The van der Waals surface area contributed by atoms with E-state index in [0.717, 1.165) is 25.9 Å². The summed E-state index contributed by atoms with van der Waals surface area (Å²) in [6.45, 7) is 8.45. The molecule has 18 heavy (non-hydrogen) atoms. The van der Waals surface area contributed by atoms with Crippen molar-refractivity contribution in [2.75, 3.05) is 19.7 Å². The van der Waals surface area contributed by atoms with E-state index in [0.29, 0.717) is 6.61 Å². The van der Waals surface area contributed by atoms with Crippen LogP contribution in [0, 0.1) is 0 Å². The first-order chi connectivity index (χ1) is 8.76. The molecule has 0 N–H and O–H groups in total. The van der Waals surface area contributed by atoms with E-state index in [-0.39, 0.29) is 6.09 Å². The zero-order valence-corrected chi connectivity index (χ0v) is 12.5. The molecule has 3 nitrogen and oxygen atoms in total. The third-order valence-electron chi connectivity index (χ3n) is 3.09. The third kappa shape index (κ3) is 9.32. The fraction of sp³-hybridized carbons (Fsp3) is 0.933. The molecular formula is C15H31NO2. The Kier molecular flexibility index (Phi) is 12.2. The minimum Gasteiger partial charge on any atom is -0.450 e. The molecule has 0 bridgehead atoms. The molecule has 0 unspecified atom stereocenters. The van der Waals surface area contributed by atoms with Crippen LogP contribution in [0.15, 0.2) is 0 Å². The first kappa shape index (κ1) is 17.3. The Bertz CT molecular complexity index is 183. The number of amides is 1. The lowest BCUT2D eigenvalue weighted by Gasteiger charge is -2.21. The van der Waals surface area contributed by atoms with Gasteiger partial charge in [0.05, 0.1) is 6.61 Å². The molecular weight excluding hydrogens is 226 g/mol. The van der Waals surface area contributed by atoms with Gasteiger partial charge in [0.25, 0.3) is 0 Å². The van der Waals surface area contributed by atoms with Crippen LogP contribution in [0.25, 0.3) is 0 Å². The van der Waals surface area contributed by atoms with E-state index in [1.165, 1.54) is 38.5 Å². The molecule has 0 rings (SSSR count). The van der Waals surface area contributed by atoms with Crippen LogP contribution in [-0.4, -0.2) is 30.7 Å². The zero-order valence-electron chi connectivity index (χ0n) is 12.5. The van der Waals surface area contributed by atoms with E-state index < -0.39 is 0 Å². The average Bonchev–Trinajstić information content (AvgIpc) is 2.37. The second-order valence-electron chi connectivity index (χ2n) is 4.81. The summed E-state index contributed by atoms with van der Waals surface area (Å²) in [5, 5.41) is 0. The normalized spacial score (nSPS) is 10.4. The molecule has 0 aromatic heterocycles. The Morgan fingerprint density at radius 2 is 1.33 bits per heavy atom. The second kappa shape index (κ2) is 12.7. The maximum Gasteiger partial charge on any atom is 0.409 e. The van der Waals surface area contributed by atoms with E-state index in [4.69, 9.17) is 4.74 Å². The second-order valence-corrected chi connectivity index (χ2v) is 4.81. The lowest BCUT2D eigenvalue weighted by molar-refractivity contribution is 0.105. The Labute approximate surface area is 113 Å². The number of hydrogen-bond acceptors (Lipinski definition) is 2. The number of carbonyl (C=O) groups excluding carboxylic acids is 1. The van der Waals surface area contributed by atoms with Gasteiger partial charge in [0, 0.05) is 13.1 Å². The Morgan fingerprint density at radius 3 is 1.72 bits per heavy atom. The highest BCUT2D eigenvalue weighted by Crippen LogP contribution is 2.06. The van der Waals surface area contributed by atoms with E-state index in [1.54, 1.807) is 0 Å². The van der Waals surface area contributed by atoms with Gasteiger partial charge in [-0.15, -0.1) is 0 Å². The van der Waals surface area contributed by atoms with Crippen molar-refractivity contribution in [3.8, 4) is 0 Å². The number of nitrogens with zero attached hydrogens (tertiary/aromatic N) is 1. The van der Waals surface area contributed by atoms with E-state index in [1.807, 2.05) is 11.8 Å². The van der Waals surface area contributed by atoms with Gasteiger partial charge in [0.15, 0.2) is 0 Å². The summed E-state index contributed by atoms with van der Waals surface area (Å²) in [4.78, 5) is 13.7. The molecule has 0 heterocycles. The van der Waals surface area contributed by atoms with Crippen LogP contribution in [0.3, 0.4) is 0 Å². The van der Waals surface area contributed by atoms with Gasteiger partial charge in [0.2, 0.25) is 0 Å². The summed E-state index contributed by atoms with van der Waals surface area (Å²) in [5.74, 6) is 0. The number of ether oxygens (including phenoxy) is 1. The van der Waals surface area contributed by atoms with Gasteiger partial charge in [-0.2, -0.15) is 0 Å². The SMILES string of the molecule is CCCCCCN(CCCCCC)C(=O)OCC. The number of unbranched alkanes of at least 4 members (excludes halogenated alkanes) is 6. The average molecular weight is 257 g/mol. The van der Waals surface area contributed by atoms with Crippen molar-refractivity contribution in [3.63, 3.8) is 0 Å². The van der Waals surface area contributed by atoms with E-state index >= 15 is 0 Å². The van der Waals surface area contributed by atoms with E-state index in [2.05, 4.69) is 13.8 Å². The predicted octanol–water partition coefficient (Wildman–Crippen LogP) is 4.61. The predicted molar refractivity (Wildman–Crippen MR) is 76.9 cm³/mol. The van der Waals surface area contributed by atoms with Crippen molar-refractivity contribution in [1.82, 2.24) is 4.90 Å². The quantitative estimate of drug-likeness (QED) is 0.506. The Morgan fingerprint density at radius 1 is 0.833 bits per heavy atom. The lowest BCUT2D eigenvalue weighted by Crippen LogP contribution is -2.33. The standard InChI is InChI=1S/C15H31NO2/c1-4-7-9-11-13-16(15(17)18-6-3)14-12-10-8-5-2/h4-14H2,1-3H3. The van der Waals surface area contributed by atoms with Crippen LogP contribution in [-0.2, 0) is 4.74 Å². The van der Waals surface area contributed by atoms with Gasteiger partial charge in [-0.3, -0.25) is 0 Å². The molecule has 0 aliphatic carbocycles. The molecule has 0 aliphatic rings. The summed E-state index contributed by atoms with van der Waals surface area (Å²) >= 11 is 0. The molecule has 0 saturated heterocycles. The van der Waals surface area contributed by atoms with Gasteiger partial charge < -0.3 is 9.64 Å². The molecule has 0 aromatic rings. The number of hydrogen-bond donors (Lipinski definition) is 0. The fourth-order valence-corrected chi connectivity index (χ4v) is 1.97. The molecule has 0 saturated carbocycles. The van der Waals surface area contributed by atoms with Crippen LogP contribution in [0.5, 0.6) is 0 Å². The Hall–Kier alpha value is -0.730. The molecule has 1 amide bonds. The zero-order chi connectivity index (χ0) is 13.6. The molecule has 3 heteroatoms. The molecule has 0 spiro atoms. The molecule has 108 valence electrons. The Balaban J connectivity index is 3.88. The summed E-state index contributed by atoms with van der Waals surface area (Å²) in [5.41, 5.74) is 0. The maximum absolute atomic E-state index is 11.8. The first-order valence-electron chi connectivity index (χ1n) is 7.67.